The van der Waals surface area contributed by atoms with Crippen LogP contribution in [0.1, 0.15) is 35.2 Å². The Morgan fingerprint density at radius 3 is 2.69 bits per heavy atom. The molecule has 2 aromatic carbocycles. The lowest BCUT2D eigenvalue weighted by Gasteiger charge is -2.26. The van der Waals surface area contributed by atoms with Crippen molar-refractivity contribution in [3.8, 4) is 12.3 Å². The van der Waals surface area contributed by atoms with Crippen LogP contribution in [0.5, 0.6) is 0 Å². The summed E-state index contributed by atoms with van der Waals surface area (Å²) in [5, 5.41) is 20.0. The lowest BCUT2D eigenvalue weighted by atomic mass is 10.0. The zero-order valence-electron chi connectivity index (χ0n) is 18.0. The molecule has 1 saturated heterocycles. The Labute approximate surface area is 187 Å². The second-order valence-electron chi connectivity index (χ2n) is 7.27. The number of hydrogen-bond donors (Lipinski definition) is 5. The molecule has 3 rings (SSSR count). The predicted octanol–water partition coefficient (Wildman–Crippen LogP) is 2.85. The minimum atomic E-state index is -0.478. The van der Waals surface area contributed by atoms with E-state index in [1.54, 1.807) is 36.4 Å². The Hall–Kier alpha value is -3.83. The van der Waals surface area contributed by atoms with E-state index >= 15 is 0 Å². The third-order valence-corrected chi connectivity index (χ3v) is 5.04. The summed E-state index contributed by atoms with van der Waals surface area (Å²) in [5.41, 5.74) is 2.67. The number of carbonyl (C=O) groups is 2. The normalized spacial score (nSPS) is 15.2. The van der Waals surface area contributed by atoms with E-state index < -0.39 is 5.91 Å². The minimum absolute atomic E-state index is 0.138. The van der Waals surface area contributed by atoms with Crippen LogP contribution in [0.15, 0.2) is 42.5 Å². The van der Waals surface area contributed by atoms with Crippen LogP contribution in [0.4, 0.5) is 17.1 Å². The Balaban J connectivity index is 1.90. The number of anilines is 3. The predicted molar refractivity (Wildman–Crippen MR) is 125 cm³/mol. The molecule has 0 aliphatic carbocycles. The second kappa shape index (κ2) is 11.0. The number of carbonyl (C=O) groups excluding carboxylic acids is 2. The molecular weight excluding hydrogens is 406 g/mol. The van der Waals surface area contributed by atoms with E-state index in [0.29, 0.717) is 34.8 Å². The first-order valence-electron chi connectivity index (χ1n) is 10.4. The molecule has 0 radical (unpaired) electrons. The number of terminal acetylenes is 1. The summed E-state index contributed by atoms with van der Waals surface area (Å²) < 4.78 is 5.78. The summed E-state index contributed by atoms with van der Waals surface area (Å²) >= 11 is 0. The van der Waals surface area contributed by atoms with Crippen molar-refractivity contribution in [3.05, 3.63) is 53.6 Å². The van der Waals surface area contributed by atoms with Gasteiger partial charge in [0.15, 0.2) is 0 Å². The Kier molecular flexibility index (Phi) is 7.84. The average Bonchev–Trinajstić information content (AvgIpc) is 2.82. The molecule has 2 amide bonds. The van der Waals surface area contributed by atoms with Gasteiger partial charge < -0.3 is 26.0 Å². The third-order valence-electron chi connectivity index (χ3n) is 5.04. The van der Waals surface area contributed by atoms with Crippen LogP contribution in [0.2, 0.25) is 0 Å². The summed E-state index contributed by atoms with van der Waals surface area (Å²) in [4.78, 5) is 24.5. The molecule has 1 aliphatic rings. The smallest absolute Gasteiger partial charge is 0.269 e. The van der Waals surface area contributed by atoms with Crippen LogP contribution >= 0.6 is 0 Å². The van der Waals surface area contributed by atoms with E-state index in [1.807, 2.05) is 6.07 Å². The highest BCUT2D eigenvalue weighted by molar-refractivity contribution is 6.45. The van der Waals surface area contributed by atoms with Crippen LogP contribution in [-0.2, 0) is 9.53 Å². The summed E-state index contributed by atoms with van der Waals surface area (Å²) in [6.07, 6.45) is 7.93. The average molecular weight is 434 g/mol. The number of hydrogen-bond acceptors (Lipinski definition) is 6. The molecule has 166 valence electrons. The van der Waals surface area contributed by atoms with Crippen LogP contribution in [-0.4, -0.2) is 44.0 Å². The fourth-order valence-electron chi connectivity index (χ4n) is 3.41. The highest BCUT2D eigenvalue weighted by Gasteiger charge is 2.20. The van der Waals surface area contributed by atoms with Gasteiger partial charge in [-0.25, -0.2) is 0 Å². The summed E-state index contributed by atoms with van der Waals surface area (Å²) in [6, 6.07) is 12.4. The maximum absolute atomic E-state index is 12.4. The van der Waals surface area contributed by atoms with Gasteiger partial charge in [-0.3, -0.25) is 15.0 Å². The topological polar surface area (TPSA) is 115 Å². The second-order valence-corrected chi connectivity index (χ2v) is 7.27. The first kappa shape index (κ1) is 22.8. The molecular formula is C24H27N5O3. The van der Waals surface area contributed by atoms with E-state index in [0.717, 1.165) is 19.3 Å². The first-order chi connectivity index (χ1) is 15.5. The van der Waals surface area contributed by atoms with Crippen molar-refractivity contribution in [2.24, 2.45) is 0 Å². The molecule has 5 N–H and O–H groups in total. The molecule has 0 aromatic heterocycles. The van der Waals surface area contributed by atoms with Gasteiger partial charge in [0.25, 0.3) is 11.8 Å². The van der Waals surface area contributed by atoms with Crippen LogP contribution < -0.4 is 21.3 Å². The largest absolute Gasteiger partial charge is 0.360 e. The molecule has 0 spiro atoms. The molecule has 2 aromatic rings. The van der Waals surface area contributed by atoms with Gasteiger partial charge in [-0.05, 0) is 49.6 Å². The van der Waals surface area contributed by atoms with E-state index in [4.69, 9.17) is 16.6 Å². The maximum atomic E-state index is 12.4. The monoisotopic (exact) mass is 433 g/mol. The highest BCUT2D eigenvalue weighted by atomic mass is 16.5. The number of nitrogens with one attached hydrogen (secondary N) is 5. The van der Waals surface area contributed by atoms with E-state index in [1.165, 1.54) is 7.05 Å². The van der Waals surface area contributed by atoms with Gasteiger partial charge in [-0.1, -0.05) is 18.1 Å². The first-order valence-corrected chi connectivity index (χ1v) is 10.4. The molecule has 1 atom stereocenters. The molecule has 1 unspecified atom stereocenters. The van der Waals surface area contributed by atoms with Gasteiger partial charge in [0.2, 0.25) is 0 Å². The third kappa shape index (κ3) is 5.65. The van der Waals surface area contributed by atoms with E-state index in [2.05, 4.69) is 27.2 Å². The number of likely N-dealkylation sites (N-methyl/N-ethyl adjacent to an activating group) is 1. The molecule has 1 heterocycles. The highest BCUT2D eigenvalue weighted by Crippen LogP contribution is 2.28. The Morgan fingerprint density at radius 1 is 1.16 bits per heavy atom. The molecule has 1 aliphatic heterocycles. The van der Waals surface area contributed by atoms with Crippen molar-refractivity contribution in [1.82, 2.24) is 10.6 Å². The van der Waals surface area contributed by atoms with Crippen molar-refractivity contribution in [1.29, 1.82) is 5.41 Å². The summed E-state index contributed by atoms with van der Waals surface area (Å²) in [6.45, 7) is 0.802. The lowest BCUT2D eigenvalue weighted by molar-refractivity contribution is -0.114. The number of rotatable bonds is 8. The fraction of sp³-hybridized carbons (Fsp3) is 0.292. The fourth-order valence-corrected chi connectivity index (χ4v) is 3.41. The maximum Gasteiger partial charge on any atom is 0.269 e. The minimum Gasteiger partial charge on any atom is -0.360 e. The zero-order valence-corrected chi connectivity index (χ0v) is 18.0. The van der Waals surface area contributed by atoms with E-state index in [9.17, 15) is 9.59 Å². The van der Waals surface area contributed by atoms with Crippen molar-refractivity contribution in [2.45, 2.75) is 25.5 Å². The van der Waals surface area contributed by atoms with E-state index in [-0.39, 0.29) is 24.4 Å². The van der Waals surface area contributed by atoms with Crippen LogP contribution in [0.3, 0.4) is 0 Å². The number of para-hydroxylation sites is 1. The Bertz CT molecular complexity index is 1040. The quantitative estimate of drug-likeness (QED) is 0.324. The van der Waals surface area contributed by atoms with Crippen molar-refractivity contribution >= 4 is 34.6 Å². The number of ether oxygens (including phenoxy) is 1. The molecule has 32 heavy (non-hydrogen) atoms. The number of amides is 2. The molecule has 8 nitrogen and oxygen atoms in total. The van der Waals surface area contributed by atoms with Crippen molar-refractivity contribution in [3.63, 3.8) is 0 Å². The number of benzene rings is 2. The molecule has 1 fully saturated rings. The molecule has 8 heteroatoms. The lowest BCUT2D eigenvalue weighted by Crippen LogP contribution is -2.31. The van der Waals surface area contributed by atoms with Gasteiger partial charge in [-0.2, -0.15) is 0 Å². The van der Waals surface area contributed by atoms with Gasteiger partial charge in [-0.15, -0.1) is 6.42 Å². The standard InChI is InChI=1S/C24H27N5O3/c1-3-13-27-23(30)18-8-4-5-9-19(18)28-16-11-12-17(22(25)24(31)26-2)20(15-16)29-21-10-6-7-14-32-21/h1,4-5,8-9,11-12,15,21,25,28-29H,6-7,10,13-14H2,2H3,(H,26,31)(H,27,30). The van der Waals surface area contributed by atoms with Gasteiger partial charge >= 0.3 is 0 Å². The SMILES string of the molecule is C#CCNC(=O)c1ccccc1Nc1ccc(C(=N)C(=O)NC)c(NC2CCCCO2)c1. The van der Waals surface area contributed by atoms with Crippen molar-refractivity contribution < 1.29 is 14.3 Å². The van der Waals surface area contributed by atoms with Gasteiger partial charge in [0, 0.05) is 30.6 Å². The van der Waals surface area contributed by atoms with Crippen LogP contribution in [0, 0.1) is 17.8 Å². The van der Waals surface area contributed by atoms with Gasteiger partial charge in [0.1, 0.15) is 11.9 Å². The zero-order chi connectivity index (χ0) is 22.9. The Morgan fingerprint density at radius 2 is 1.97 bits per heavy atom. The summed E-state index contributed by atoms with van der Waals surface area (Å²) in [7, 11) is 1.49. The molecule has 0 bridgehead atoms. The van der Waals surface area contributed by atoms with Gasteiger partial charge in [0.05, 0.1) is 17.8 Å². The molecule has 0 saturated carbocycles. The summed E-state index contributed by atoms with van der Waals surface area (Å²) in [5.74, 6) is 1.63. The van der Waals surface area contributed by atoms with Crippen molar-refractivity contribution in [2.75, 3.05) is 30.8 Å². The van der Waals surface area contributed by atoms with Crippen LogP contribution in [0.25, 0.3) is 0 Å².